The Kier molecular flexibility index (Phi) is 18.7. The topological polar surface area (TPSA) is 123 Å². The van der Waals surface area contributed by atoms with E-state index in [9.17, 15) is 0 Å². The molecule has 0 aliphatic heterocycles. The van der Waals surface area contributed by atoms with Crippen molar-refractivity contribution in [1.82, 2.24) is 48.2 Å². The van der Waals surface area contributed by atoms with Gasteiger partial charge in [-0.1, -0.05) is 358 Å². The van der Waals surface area contributed by atoms with Crippen LogP contribution in [0, 0.1) is 0 Å². The van der Waals surface area contributed by atoms with E-state index in [1.165, 1.54) is 43.1 Å². The van der Waals surface area contributed by atoms with Gasteiger partial charge in [0.25, 0.3) is 0 Å². The highest BCUT2D eigenvalue weighted by molar-refractivity contribution is 6.25. The van der Waals surface area contributed by atoms with Crippen LogP contribution >= 0.6 is 0 Å². The lowest BCUT2D eigenvalue weighted by atomic mass is 10.00. The number of fused-ring (bicyclic) bond motifs is 20. The maximum Gasteiger partial charge on any atom is 0.164 e. The zero-order valence-corrected chi connectivity index (χ0v) is 74.3. The molecule has 0 unspecified atom stereocenters. The lowest BCUT2D eigenvalue weighted by molar-refractivity contribution is 0.672. The van der Waals surface area contributed by atoms with Crippen molar-refractivity contribution in [2.75, 3.05) is 0 Å². The quantitative estimate of drug-likeness (QED) is 0.105. The minimum atomic E-state index is 0.626. The van der Waals surface area contributed by atoms with Crippen LogP contribution in [0.25, 0.3) is 267 Å². The van der Waals surface area contributed by atoms with E-state index in [2.05, 4.69) is 370 Å². The number of benzene rings is 20. The maximum absolute atomic E-state index is 7.12. The summed E-state index contributed by atoms with van der Waals surface area (Å²) in [6, 6.07) is 167. The van der Waals surface area contributed by atoms with Crippen LogP contribution in [0.3, 0.4) is 0 Å². The number of rotatable bonds is 14. The van der Waals surface area contributed by atoms with Gasteiger partial charge in [-0.3, -0.25) is 0 Å². The predicted octanol–water partition coefficient (Wildman–Crippen LogP) is 32.6. The number of nitrogens with zero attached hydrogens (tertiary/aromatic N) is 10. The van der Waals surface area contributed by atoms with E-state index in [0.717, 1.165) is 189 Å². The zero-order valence-electron chi connectivity index (χ0n) is 74.3. The summed E-state index contributed by atoms with van der Waals surface area (Å²) in [6.45, 7) is 0. The van der Waals surface area contributed by atoms with Gasteiger partial charge < -0.3 is 27.1 Å². The number of para-hydroxylation sites is 8. The first-order chi connectivity index (χ1) is 68.4. The Hall–Kier alpha value is -18.8. The molecule has 0 saturated heterocycles. The molecule has 8 heterocycles. The molecule has 0 saturated carbocycles. The van der Waals surface area contributed by atoms with Gasteiger partial charge in [0.05, 0.1) is 44.1 Å². The van der Waals surface area contributed by atoms with Crippen molar-refractivity contribution in [3.05, 3.63) is 473 Å². The Bertz CT molecular complexity index is 9570. The normalized spacial score (nSPS) is 11.8. The van der Waals surface area contributed by atoms with Crippen LogP contribution in [-0.2, 0) is 0 Å². The smallest absolute Gasteiger partial charge is 0.164 e. The van der Waals surface area contributed by atoms with Crippen molar-refractivity contribution < 1.29 is 8.83 Å². The molecule has 8 aromatic heterocycles. The maximum atomic E-state index is 7.12. The first-order valence-electron chi connectivity index (χ1n) is 46.5. The summed E-state index contributed by atoms with van der Waals surface area (Å²) in [6.07, 6.45) is 0. The summed E-state index contributed by atoms with van der Waals surface area (Å²) in [5, 5.41) is 13.9. The fourth-order valence-corrected chi connectivity index (χ4v) is 20.7. The number of hydrogen-bond donors (Lipinski definition) is 0. The van der Waals surface area contributed by atoms with Crippen LogP contribution in [0.1, 0.15) is 0 Å². The van der Waals surface area contributed by atoms with Gasteiger partial charge >= 0.3 is 0 Å². The average Bonchev–Trinajstić information content (AvgIpc) is 1.56. The monoisotopic (exact) mass is 1760 g/mol. The molecule has 20 aromatic carbocycles. The van der Waals surface area contributed by atoms with Gasteiger partial charge in [0, 0.05) is 132 Å². The molecule has 12 nitrogen and oxygen atoms in total. The number of furan rings is 2. The fourth-order valence-electron chi connectivity index (χ4n) is 20.7. The van der Waals surface area contributed by atoms with Gasteiger partial charge in [-0.15, -0.1) is 0 Å². The van der Waals surface area contributed by atoms with E-state index in [-0.39, 0.29) is 0 Å². The highest BCUT2D eigenvalue weighted by Gasteiger charge is 2.27. The first-order valence-corrected chi connectivity index (χ1v) is 46.5. The fraction of sp³-hybridized carbons (Fsp3) is 0. The standard InChI is InChI=1S/2C63H39N5O/c1-4-17-40(18-5-1)61-64-62(41-19-6-2-7-20-41)66-63(65-61)45-23-14-21-42(37-45)43-22-15-26-47(38-43)67-55-31-12-11-28-50(55)54-39-44(33-36-57(54)67)48-29-16-30-52-53-35-34-51-49-27-10-13-32-56(49)68(46-24-8-3-9-25-46)58(51)60(53)69-59(48)52;1-4-15-42(16-5-1)61-64-62(43-17-6-2-7-18-43)66-63(65-61)44-29-27-40(28-30-44)41-31-34-47(35-32-41)67-55-25-12-11-22-50(55)54-39-45(33-38-57(54)67)48-23-14-24-52-53-37-36-51-49-21-10-13-26-56(49)68(46-19-8-3-9-20-46)58(51)60(53)69-59(48)52/h2*1-39H. The molecule has 0 bridgehead atoms. The van der Waals surface area contributed by atoms with Crippen molar-refractivity contribution >= 4 is 131 Å². The van der Waals surface area contributed by atoms with Gasteiger partial charge in [-0.05, 0) is 149 Å². The minimum Gasteiger partial charge on any atom is -0.453 e. The van der Waals surface area contributed by atoms with Crippen LogP contribution in [0.5, 0.6) is 0 Å². The van der Waals surface area contributed by atoms with Gasteiger partial charge in [-0.25, -0.2) is 29.9 Å². The van der Waals surface area contributed by atoms with E-state index < -0.39 is 0 Å². The molecular formula is C126H78N10O2. The average molecular weight is 1760 g/mol. The third kappa shape index (κ3) is 13.3. The second kappa shape index (κ2) is 32.6. The molecule has 0 atom stereocenters. The van der Waals surface area contributed by atoms with Crippen molar-refractivity contribution in [2.24, 2.45) is 0 Å². The lowest BCUT2D eigenvalue weighted by Gasteiger charge is -2.12. The molecule has 0 amide bonds. The second-order valence-corrected chi connectivity index (χ2v) is 35.1. The van der Waals surface area contributed by atoms with Crippen molar-refractivity contribution in [3.8, 4) is 136 Å². The minimum absolute atomic E-state index is 0.626. The molecule has 0 aliphatic carbocycles. The van der Waals surface area contributed by atoms with Gasteiger partial charge in [0.1, 0.15) is 11.2 Å². The van der Waals surface area contributed by atoms with Crippen LogP contribution in [0.2, 0.25) is 0 Å². The molecule has 28 rings (SSSR count). The number of hydrogen-bond acceptors (Lipinski definition) is 8. The van der Waals surface area contributed by atoms with Crippen molar-refractivity contribution in [3.63, 3.8) is 0 Å². The van der Waals surface area contributed by atoms with Gasteiger partial charge in [0.2, 0.25) is 0 Å². The Morgan fingerprint density at radius 3 is 0.819 bits per heavy atom. The van der Waals surface area contributed by atoms with Gasteiger partial charge in [0.15, 0.2) is 46.1 Å². The summed E-state index contributed by atoms with van der Waals surface area (Å²) in [5.74, 6) is 3.84. The summed E-state index contributed by atoms with van der Waals surface area (Å²) in [4.78, 5) is 29.7. The molecule has 12 heteroatoms. The summed E-state index contributed by atoms with van der Waals surface area (Å²) in [7, 11) is 0. The summed E-state index contributed by atoms with van der Waals surface area (Å²) in [5.41, 5.74) is 31.3. The predicted molar refractivity (Wildman–Crippen MR) is 566 cm³/mol. The van der Waals surface area contributed by atoms with E-state index in [4.69, 9.17) is 38.7 Å². The first kappa shape index (κ1) is 79.0. The van der Waals surface area contributed by atoms with Gasteiger partial charge in [-0.2, -0.15) is 0 Å². The Labute approximate surface area is 791 Å². The van der Waals surface area contributed by atoms with Crippen LogP contribution in [-0.4, -0.2) is 48.2 Å². The lowest BCUT2D eigenvalue weighted by Crippen LogP contribution is -2.00. The third-order valence-electron chi connectivity index (χ3n) is 27.2. The molecule has 0 fully saturated rings. The van der Waals surface area contributed by atoms with E-state index in [1.807, 2.05) is 121 Å². The molecule has 644 valence electrons. The molecule has 0 aliphatic rings. The van der Waals surface area contributed by atoms with Crippen molar-refractivity contribution in [1.29, 1.82) is 0 Å². The van der Waals surface area contributed by atoms with Crippen LogP contribution < -0.4 is 0 Å². The van der Waals surface area contributed by atoms with Crippen LogP contribution in [0.15, 0.2) is 482 Å². The van der Waals surface area contributed by atoms with E-state index in [1.54, 1.807) is 0 Å². The summed E-state index contributed by atoms with van der Waals surface area (Å²) >= 11 is 0. The molecule has 0 N–H and O–H groups in total. The SMILES string of the molecule is c1ccc(-c2nc(-c3ccccc3)nc(-c3ccc(-c4ccc(-n5c6ccccc6c6cc(-c7cccc8c7oc7c8ccc8c9ccccc9n(-c9ccccc9)c87)ccc65)cc4)cc3)n2)cc1.c1ccc(-c2nc(-c3ccccc3)nc(-c3cccc(-c4cccc(-n5c6ccccc6c6cc(-c7cccc8c7oc7c8ccc8c9ccccc9n(-c9ccccc9)c87)ccc65)c4)c3)n2)cc1. The zero-order chi connectivity index (χ0) is 90.8. The molecule has 28 aromatic rings. The highest BCUT2D eigenvalue weighted by atomic mass is 16.3. The Morgan fingerprint density at radius 2 is 0.399 bits per heavy atom. The van der Waals surface area contributed by atoms with E-state index >= 15 is 0 Å². The van der Waals surface area contributed by atoms with E-state index in [0.29, 0.717) is 34.9 Å². The molecule has 0 spiro atoms. The highest BCUT2D eigenvalue weighted by Crippen LogP contribution is 2.48. The van der Waals surface area contributed by atoms with Crippen LogP contribution in [0.4, 0.5) is 0 Å². The number of aromatic nitrogens is 10. The molecule has 138 heavy (non-hydrogen) atoms. The molecule has 0 radical (unpaired) electrons. The van der Waals surface area contributed by atoms with Crippen molar-refractivity contribution in [2.45, 2.75) is 0 Å². The Balaban J connectivity index is 0.000000139. The summed E-state index contributed by atoms with van der Waals surface area (Å²) < 4.78 is 23.7. The Morgan fingerprint density at radius 1 is 0.138 bits per heavy atom. The largest absolute Gasteiger partial charge is 0.453 e. The third-order valence-corrected chi connectivity index (χ3v) is 27.2. The molecular weight excluding hydrogens is 1690 g/mol. The second-order valence-electron chi connectivity index (χ2n) is 35.1.